The first-order chi connectivity index (χ1) is 10.7. The molecule has 0 aromatic rings. The second-order valence-electron chi connectivity index (χ2n) is 6.65. The van der Waals surface area contributed by atoms with E-state index in [0.717, 1.165) is 31.9 Å². The molecule has 9 heteroatoms. The van der Waals surface area contributed by atoms with Gasteiger partial charge in [0, 0.05) is 33.3 Å². The molecule has 1 heterocycles. The molecule has 1 aliphatic rings. The molecule has 0 atom stereocenters. The maximum absolute atomic E-state index is 11.5. The number of guanidine groups is 1. The van der Waals surface area contributed by atoms with Crippen molar-refractivity contribution in [1.82, 2.24) is 14.9 Å². The van der Waals surface area contributed by atoms with Gasteiger partial charge in [-0.25, -0.2) is 12.7 Å². The number of halogens is 1. The molecule has 0 aromatic carbocycles. The number of hydrogen-bond donors (Lipinski definition) is 2. The van der Waals surface area contributed by atoms with Crippen molar-refractivity contribution in [3.05, 3.63) is 0 Å². The van der Waals surface area contributed by atoms with Gasteiger partial charge in [0.2, 0.25) is 10.0 Å². The highest BCUT2D eigenvalue weighted by molar-refractivity contribution is 14.0. The summed E-state index contributed by atoms with van der Waals surface area (Å²) in [7, 11) is -1.37. The molecule has 0 unspecified atom stereocenters. The summed E-state index contributed by atoms with van der Waals surface area (Å²) in [6.45, 7) is 9.42. The van der Waals surface area contributed by atoms with Crippen LogP contribution in [0.3, 0.4) is 0 Å². The maximum Gasteiger partial charge on any atom is 0.211 e. The van der Waals surface area contributed by atoms with E-state index in [1.807, 2.05) is 20.8 Å². The van der Waals surface area contributed by atoms with E-state index < -0.39 is 10.0 Å². The van der Waals surface area contributed by atoms with Gasteiger partial charge in [-0.3, -0.25) is 4.99 Å². The van der Waals surface area contributed by atoms with Crippen LogP contribution in [-0.4, -0.2) is 70.4 Å². The van der Waals surface area contributed by atoms with Gasteiger partial charge in [0.15, 0.2) is 5.96 Å². The largest absolute Gasteiger partial charge is 0.377 e. The Kier molecular flexibility index (Phi) is 10.7. The van der Waals surface area contributed by atoms with E-state index in [1.54, 1.807) is 11.4 Å². The zero-order valence-electron chi connectivity index (χ0n) is 15.5. The van der Waals surface area contributed by atoms with Crippen molar-refractivity contribution in [2.24, 2.45) is 10.9 Å². The SMILES string of the molecule is CCNC(=NCC(C)(C)OC)NCC1CCN(S(C)(=O)=O)CC1.I. The van der Waals surface area contributed by atoms with Crippen LogP contribution in [-0.2, 0) is 14.8 Å². The summed E-state index contributed by atoms with van der Waals surface area (Å²) in [5.41, 5.74) is -0.289. The number of nitrogens with one attached hydrogen (secondary N) is 2. The third-order valence-corrected chi connectivity index (χ3v) is 5.42. The number of aliphatic imine (C=N–C) groups is 1. The van der Waals surface area contributed by atoms with Crippen molar-refractivity contribution in [2.75, 3.05) is 46.1 Å². The fraction of sp³-hybridized carbons (Fsp3) is 0.933. The summed E-state index contributed by atoms with van der Waals surface area (Å²) in [6.07, 6.45) is 3.03. The molecule has 0 aliphatic carbocycles. The third kappa shape index (κ3) is 8.82. The Balaban J connectivity index is 0.00000529. The van der Waals surface area contributed by atoms with E-state index in [1.165, 1.54) is 6.26 Å². The van der Waals surface area contributed by atoms with Crippen LogP contribution in [0.1, 0.15) is 33.6 Å². The van der Waals surface area contributed by atoms with Gasteiger partial charge in [-0.05, 0) is 39.5 Å². The molecular formula is C15H33IN4O3S. The molecule has 24 heavy (non-hydrogen) atoms. The predicted octanol–water partition coefficient (Wildman–Crippen LogP) is 1.26. The second kappa shape index (κ2) is 10.8. The Labute approximate surface area is 164 Å². The Morgan fingerprint density at radius 2 is 1.88 bits per heavy atom. The van der Waals surface area contributed by atoms with Gasteiger partial charge in [-0.2, -0.15) is 0 Å². The first kappa shape index (κ1) is 23.9. The van der Waals surface area contributed by atoms with Gasteiger partial charge in [0.1, 0.15) is 0 Å². The lowest BCUT2D eigenvalue weighted by molar-refractivity contribution is 0.0310. The summed E-state index contributed by atoms with van der Waals surface area (Å²) >= 11 is 0. The predicted molar refractivity (Wildman–Crippen MR) is 110 cm³/mol. The topological polar surface area (TPSA) is 83.0 Å². The van der Waals surface area contributed by atoms with Gasteiger partial charge in [0.25, 0.3) is 0 Å². The smallest absolute Gasteiger partial charge is 0.211 e. The van der Waals surface area contributed by atoms with Crippen LogP contribution in [0.5, 0.6) is 0 Å². The molecular weight excluding hydrogens is 443 g/mol. The Hall–Kier alpha value is -0.130. The minimum atomic E-state index is -3.05. The zero-order valence-corrected chi connectivity index (χ0v) is 18.6. The van der Waals surface area contributed by atoms with Crippen LogP contribution in [0.4, 0.5) is 0 Å². The van der Waals surface area contributed by atoms with Gasteiger partial charge in [-0.1, -0.05) is 0 Å². The fourth-order valence-corrected chi connectivity index (χ4v) is 3.24. The van der Waals surface area contributed by atoms with Crippen LogP contribution < -0.4 is 10.6 Å². The van der Waals surface area contributed by atoms with Crippen LogP contribution in [0.25, 0.3) is 0 Å². The lowest BCUT2D eigenvalue weighted by Crippen LogP contribution is -2.44. The lowest BCUT2D eigenvalue weighted by Gasteiger charge is -2.30. The van der Waals surface area contributed by atoms with Gasteiger partial charge in [-0.15, -0.1) is 24.0 Å². The standard InChI is InChI=1S/C15H32N4O3S.HI/c1-6-16-14(18-12-15(2,3)22-4)17-11-13-7-9-19(10-8-13)23(5,20)21;/h13H,6-12H2,1-5H3,(H2,16,17,18);1H. The molecule has 1 aliphatic heterocycles. The van der Waals surface area contributed by atoms with E-state index >= 15 is 0 Å². The van der Waals surface area contributed by atoms with E-state index in [0.29, 0.717) is 25.6 Å². The molecule has 1 fully saturated rings. The number of methoxy groups -OCH3 is 1. The molecule has 0 spiro atoms. The first-order valence-electron chi connectivity index (χ1n) is 8.20. The molecule has 7 nitrogen and oxygen atoms in total. The average molecular weight is 476 g/mol. The molecule has 0 amide bonds. The van der Waals surface area contributed by atoms with Gasteiger partial charge >= 0.3 is 0 Å². The van der Waals surface area contributed by atoms with Crippen molar-refractivity contribution in [3.63, 3.8) is 0 Å². The third-order valence-electron chi connectivity index (χ3n) is 4.12. The molecule has 0 bridgehead atoms. The Morgan fingerprint density at radius 1 is 1.29 bits per heavy atom. The molecule has 0 radical (unpaired) electrons. The number of nitrogens with zero attached hydrogens (tertiary/aromatic N) is 2. The summed E-state index contributed by atoms with van der Waals surface area (Å²) in [4.78, 5) is 4.56. The van der Waals surface area contributed by atoms with Gasteiger partial charge in [0.05, 0.1) is 18.4 Å². The van der Waals surface area contributed by atoms with Crippen molar-refractivity contribution in [1.29, 1.82) is 0 Å². The van der Waals surface area contributed by atoms with Crippen molar-refractivity contribution in [2.45, 2.75) is 39.2 Å². The number of piperidine rings is 1. The molecule has 1 saturated heterocycles. The van der Waals surface area contributed by atoms with Crippen LogP contribution >= 0.6 is 24.0 Å². The zero-order chi connectivity index (χ0) is 17.5. The van der Waals surface area contributed by atoms with Crippen molar-refractivity contribution in [3.8, 4) is 0 Å². The quantitative estimate of drug-likeness (QED) is 0.329. The van der Waals surface area contributed by atoms with Crippen molar-refractivity contribution >= 4 is 40.0 Å². The summed E-state index contributed by atoms with van der Waals surface area (Å²) in [6, 6.07) is 0. The second-order valence-corrected chi connectivity index (χ2v) is 8.63. The fourth-order valence-electron chi connectivity index (χ4n) is 2.36. The number of ether oxygens (including phenoxy) is 1. The van der Waals surface area contributed by atoms with Crippen molar-refractivity contribution < 1.29 is 13.2 Å². The van der Waals surface area contributed by atoms with Gasteiger partial charge < -0.3 is 15.4 Å². The Bertz CT molecular complexity index is 489. The Morgan fingerprint density at radius 3 is 2.33 bits per heavy atom. The molecule has 0 saturated carbocycles. The highest BCUT2D eigenvalue weighted by atomic mass is 127. The van der Waals surface area contributed by atoms with E-state index in [2.05, 4.69) is 15.6 Å². The highest BCUT2D eigenvalue weighted by Crippen LogP contribution is 2.18. The number of rotatable bonds is 7. The maximum atomic E-state index is 11.5. The molecule has 1 rings (SSSR count). The number of sulfonamides is 1. The summed E-state index contributed by atoms with van der Waals surface area (Å²) in [5, 5.41) is 6.58. The minimum absolute atomic E-state index is 0. The molecule has 2 N–H and O–H groups in total. The monoisotopic (exact) mass is 476 g/mol. The number of hydrogen-bond acceptors (Lipinski definition) is 4. The molecule has 144 valence electrons. The van der Waals surface area contributed by atoms with E-state index in [-0.39, 0.29) is 29.6 Å². The average Bonchev–Trinajstić information content (AvgIpc) is 2.49. The van der Waals surface area contributed by atoms with Crippen LogP contribution in [0.2, 0.25) is 0 Å². The first-order valence-corrected chi connectivity index (χ1v) is 10.0. The minimum Gasteiger partial charge on any atom is -0.377 e. The summed E-state index contributed by atoms with van der Waals surface area (Å²) in [5.74, 6) is 1.25. The van der Waals surface area contributed by atoms with E-state index in [9.17, 15) is 8.42 Å². The van der Waals surface area contributed by atoms with Crippen LogP contribution in [0.15, 0.2) is 4.99 Å². The van der Waals surface area contributed by atoms with Crippen LogP contribution in [0, 0.1) is 5.92 Å². The normalized spacial score (nSPS) is 18.1. The highest BCUT2D eigenvalue weighted by Gasteiger charge is 2.25. The molecule has 0 aromatic heterocycles. The lowest BCUT2D eigenvalue weighted by atomic mass is 9.98. The summed E-state index contributed by atoms with van der Waals surface area (Å²) < 4.78 is 30.0. The van der Waals surface area contributed by atoms with E-state index in [4.69, 9.17) is 4.74 Å².